The zero-order chi connectivity index (χ0) is 18.6. The van der Waals surface area contributed by atoms with Gasteiger partial charge in [-0.3, -0.25) is 10.0 Å². The first-order valence-electron chi connectivity index (χ1n) is 7.99. The molecular weight excluding hydrogens is 360 g/mol. The summed E-state index contributed by atoms with van der Waals surface area (Å²) in [6, 6.07) is 8.62. The normalized spacial score (nSPS) is 11.6. The van der Waals surface area contributed by atoms with Gasteiger partial charge in [0.2, 0.25) is 0 Å². The van der Waals surface area contributed by atoms with Gasteiger partial charge in [0.25, 0.3) is 5.91 Å². The lowest BCUT2D eigenvalue weighted by molar-refractivity contribution is -0.131. The molecule has 142 valence electrons. The first kappa shape index (κ1) is 20.0. The smallest absolute Gasteiger partial charge is 0.281 e. The van der Waals surface area contributed by atoms with Gasteiger partial charge in [0.05, 0.1) is 0 Å². The minimum Gasteiger partial charge on any atom is -0.492 e. The molecule has 1 atom stereocenters. The molecule has 9 heteroatoms. The Bertz CT molecular complexity index is 635. The Morgan fingerprint density at radius 3 is 2.46 bits per heavy atom. The van der Waals surface area contributed by atoms with Crippen LogP contribution in [-0.2, 0) is 4.79 Å². The average molecular weight is 382 g/mol. The van der Waals surface area contributed by atoms with Crippen LogP contribution in [0.4, 0.5) is 0 Å². The summed E-state index contributed by atoms with van der Waals surface area (Å²) < 4.78 is 16.1. The number of thiophene rings is 1. The van der Waals surface area contributed by atoms with Crippen LogP contribution in [0.1, 0.15) is 0 Å². The van der Waals surface area contributed by atoms with Crippen molar-refractivity contribution < 1.29 is 29.3 Å². The van der Waals surface area contributed by atoms with E-state index in [4.69, 9.17) is 19.4 Å². The number of nitrogens with one attached hydrogen (secondary N) is 2. The maximum Gasteiger partial charge on any atom is 0.281 e. The lowest BCUT2D eigenvalue weighted by Crippen LogP contribution is -2.33. The molecule has 4 N–H and O–H groups in total. The number of amides is 1. The van der Waals surface area contributed by atoms with Crippen LogP contribution in [0.25, 0.3) is 0 Å². The van der Waals surface area contributed by atoms with E-state index in [1.807, 2.05) is 16.8 Å². The fourth-order valence-corrected chi connectivity index (χ4v) is 2.48. The minimum absolute atomic E-state index is 0.236. The highest BCUT2D eigenvalue weighted by atomic mass is 32.1. The number of carbonyl (C=O) groups is 1. The second-order valence-electron chi connectivity index (χ2n) is 5.27. The number of ether oxygens (including phenoxy) is 3. The summed E-state index contributed by atoms with van der Waals surface area (Å²) in [6.07, 6.45) is -0.595. The lowest BCUT2D eigenvalue weighted by Gasteiger charge is -2.13. The molecule has 0 radical (unpaired) electrons. The van der Waals surface area contributed by atoms with Crippen LogP contribution in [-0.4, -0.2) is 55.2 Å². The molecule has 1 aromatic carbocycles. The van der Waals surface area contributed by atoms with Crippen molar-refractivity contribution in [2.75, 3.05) is 32.9 Å². The van der Waals surface area contributed by atoms with Gasteiger partial charge < -0.3 is 24.6 Å². The van der Waals surface area contributed by atoms with Crippen LogP contribution >= 0.6 is 11.3 Å². The molecule has 2 aromatic rings. The molecule has 0 fully saturated rings. The molecule has 0 saturated heterocycles. The minimum atomic E-state index is -0.626. The lowest BCUT2D eigenvalue weighted by atomic mass is 10.3. The topological polar surface area (TPSA) is 109 Å². The first-order chi connectivity index (χ1) is 12.7. The second kappa shape index (κ2) is 11.3. The molecular formula is C17H22N2O6S. The van der Waals surface area contributed by atoms with E-state index in [2.05, 4.69) is 5.32 Å². The average Bonchev–Trinajstić information content (AvgIpc) is 3.18. The Morgan fingerprint density at radius 2 is 1.81 bits per heavy atom. The first-order valence-corrected chi connectivity index (χ1v) is 8.94. The SMILES string of the molecule is O=C(COc1ccc(OCCNCC(O)COc2ccsc2)cc1)NO. The summed E-state index contributed by atoms with van der Waals surface area (Å²) in [5.41, 5.74) is 1.49. The van der Waals surface area contributed by atoms with Crippen LogP contribution in [0.3, 0.4) is 0 Å². The Kier molecular flexibility index (Phi) is 8.70. The Morgan fingerprint density at radius 1 is 1.08 bits per heavy atom. The molecule has 8 nitrogen and oxygen atoms in total. The standard InChI is InChI=1S/C17H22N2O6S/c20-13(10-24-16-5-8-26-12-16)9-18-6-7-23-14-1-3-15(4-2-14)25-11-17(21)19-22/h1-5,8,12-13,18,20,22H,6-7,9-11H2,(H,19,21). The molecule has 0 saturated carbocycles. The van der Waals surface area contributed by atoms with E-state index in [0.717, 1.165) is 5.75 Å². The van der Waals surface area contributed by atoms with Crippen molar-refractivity contribution in [1.82, 2.24) is 10.8 Å². The van der Waals surface area contributed by atoms with E-state index in [1.165, 1.54) is 5.48 Å². The van der Waals surface area contributed by atoms with Gasteiger partial charge in [-0.15, -0.1) is 11.3 Å². The zero-order valence-electron chi connectivity index (χ0n) is 14.1. The molecule has 1 amide bonds. The molecule has 1 unspecified atom stereocenters. The second-order valence-corrected chi connectivity index (χ2v) is 6.05. The molecule has 1 aromatic heterocycles. The Labute approximate surface area is 155 Å². The molecule has 0 spiro atoms. The maximum atomic E-state index is 10.9. The predicted octanol–water partition coefficient (Wildman–Crippen LogP) is 1.04. The van der Waals surface area contributed by atoms with Gasteiger partial charge in [-0.1, -0.05) is 0 Å². The van der Waals surface area contributed by atoms with Crippen molar-refractivity contribution in [1.29, 1.82) is 0 Å². The molecule has 2 rings (SSSR count). The largest absolute Gasteiger partial charge is 0.492 e. The molecule has 1 heterocycles. The Hall–Kier alpha value is -2.33. The quantitative estimate of drug-likeness (QED) is 0.247. The fourth-order valence-electron chi connectivity index (χ4n) is 1.91. The van der Waals surface area contributed by atoms with Crippen LogP contribution < -0.4 is 25.0 Å². The van der Waals surface area contributed by atoms with Crippen molar-refractivity contribution in [2.45, 2.75) is 6.10 Å². The third-order valence-corrected chi connectivity index (χ3v) is 3.84. The van der Waals surface area contributed by atoms with Crippen LogP contribution in [0.2, 0.25) is 0 Å². The zero-order valence-corrected chi connectivity index (χ0v) is 14.9. The number of benzene rings is 1. The van der Waals surface area contributed by atoms with Crippen LogP contribution in [0.15, 0.2) is 41.1 Å². The molecule has 0 bridgehead atoms. The van der Waals surface area contributed by atoms with E-state index >= 15 is 0 Å². The number of aliphatic hydroxyl groups excluding tert-OH is 1. The van der Waals surface area contributed by atoms with E-state index in [1.54, 1.807) is 35.6 Å². The number of rotatable bonds is 12. The summed E-state index contributed by atoms with van der Waals surface area (Å²) in [7, 11) is 0. The van der Waals surface area contributed by atoms with Gasteiger partial charge >= 0.3 is 0 Å². The summed E-state index contributed by atoms with van der Waals surface area (Å²) in [6.45, 7) is 1.39. The number of carbonyl (C=O) groups excluding carboxylic acids is 1. The summed E-state index contributed by atoms with van der Waals surface area (Å²) in [5, 5.41) is 25.1. The number of hydrogen-bond donors (Lipinski definition) is 4. The van der Waals surface area contributed by atoms with E-state index in [0.29, 0.717) is 31.2 Å². The van der Waals surface area contributed by atoms with Gasteiger partial charge in [0.15, 0.2) is 6.61 Å². The third kappa shape index (κ3) is 7.70. The molecule has 26 heavy (non-hydrogen) atoms. The highest BCUT2D eigenvalue weighted by Gasteiger charge is 2.05. The summed E-state index contributed by atoms with van der Waals surface area (Å²) >= 11 is 1.54. The Balaban J connectivity index is 1.54. The molecule has 0 aliphatic rings. The van der Waals surface area contributed by atoms with Crippen molar-refractivity contribution in [2.24, 2.45) is 0 Å². The number of hydroxylamine groups is 1. The van der Waals surface area contributed by atoms with Crippen molar-refractivity contribution in [3.8, 4) is 17.2 Å². The number of hydrogen-bond acceptors (Lipinski definition) is 8. The van der Waals surface area contributed by atoms with Gasteiger partial charge in [-0.25, -0.2) is 5.48 Å². The van der Waals surface area contributed by atoms with Crippen molar-refractivity contribution >= 4 is 17.2 Å². The third-order valence-electron chi connectivity index (χ3n) is 3.18. The van der Waals surface area contributed by atoms with Crippen molar-refractivity contribution in [3.05, 3.63) is 41.1 Å². The van der Waals surface area contributed by atoms with E-state index < -0.39 is 12.0 Å². The van der Waals surface area contributed by atoms with Crippen molar-refractivity contribution in [3.63, 3.8) is 0 Å². The molecule has 0 aliphatic heterocycles. The van der Waals surface area contributed by atoms with Crippen LogP contribution in [0.5, 0.6) is 17.2 Å². The van der Waals surface area contributed by atoms with E-state index in [-0.39, 0.29) is 13.2 Å². The van der Waals surface area contributed by atoms with Crippen LogP contribution in [0, 0.1) is 0 Å². The summed E-state index contributed by atoms with van der Waals surface area (Å²) in [5.74, 6) is 1.29. The highest BCUT2D eigenvalue weighted by Crippen LogP contribution is 2.17. The van der Waals surface area contributed by atoms with E-state index in [9.17, 15) is 9.90 Å². The highest BCUT2D eigenvalue weighted by molar-refractivity contribution is 7.08. The monoisotopic (exact) mass is 382 g/mol. The van der Waals surface area contributed by atoms with Gasteiger partial charge in [-0.05, 0) is 35.7 Å². The van der Waals surface area contributed by atoms with Gasteiger partial charge in [0.1, 0.15) is 36.6 Å². The van der Waals surface area contributed by atoms with Gasteiger partial charge in [0, 0.05) is 18.5 Å². The molecule has 0 aliphatic carbocycles. The van der Waals surface area contributed by atoms with Gasteiger partial charge in [-0.2, -0.15) is 0 Å². The fraction of sp³-hybridized carbons (Fsp3) is 0.353. The summed E-state index contributed by atoms with van der Waals surface area (Å²) in [4.78, 5) is 10.9. The maximum absolute atomic E-state index is 10.9. The number of aliphatic hydroxyl groups is 1. The predicted molar refractivity (Wildman–Crippen MR) is 96.1 cm³/mol.